The Balaban J connectivity index is 1.77. The molecular weight excluding hydrogens is 266 g/mol. The van der Waals surface area contributed by atoms with Gasteiger partial charge in [-0.25, -0.2) is 4.79 Å². The van der Waals surface area contributed by atoms with Crippen LogP contribution in [0, 0.1) is 0 Å². The molecule has 5 heteroatoms. The highest BCUT2D eigenvalue weighted by atomic mass is 16.6. The van der Waals surface area contributed by atoms with Crippen molar-refractivity contribution in [3.05, 3.63) is 0 Å². The average Bonchev–Trinajstić information content (AvgIpc) is 2.62. The van der Waals surface area contributed by atoms with Crippen LogP contribution >= 0.6 is 0 Å². The highest BCUT2D eigenvalue weighted by Gasteiger charge is 2.27. The largest absolute Gasteiger partial charge is 0.444 e. The van der Waals surface area contributed by atoms with Crippen molar-refractivity contribution >= 4 is 6.09 Å². The van der Waals surface area contributed by atoms with Crippen molar-refractivity contribution in [1.29, 1.82) is 0 Å². The van der Waals surface area contributed by atoms with Gasteiger partial charge in [-0.1, -0.05) is 0 Å². The summed E-state index contributed by atoms with van der Waals surface area (Å²) in [4.78, 5) is 16.4. The van der Waals surface area contributed by atoms with Crippen LogP contribution in [0.25, 0.3) is 0 Å². The van der Waals surface area contributed by atoms with Crippen molar-refractivity contribution in [3.63, 3.8) is 0 Å². The molecule has 0 aromatic carbocycles. The van der Waals surface area contributed by atoms with Crippen LogP contribution in [-0.4, -0.2) is 66.8 Å². The predicted octanol–water partition coefficient (Wildman–Crippen LogP) is 2.07. The van der Waals surface area contributed by atoms with Gasteiger partial charge in [-0.2, -0.15) is 0 Å². The second-order valence-electron chi connectivity index (χ2n) is 7.51. The lowest BCUT2D eigenvalue weighted by atomic mass is 10.1. The van der Waals surface area contributed by atoms with Crippen LogP contribution in [0.4, 0.5) is 4.79 Å². The van der Waals surface area contributed by atoms with Gasteiger partial charge in [0.2, 0.25) is 0 Å². The minimum absolute atomic E-state index is 0.163. The fourth-order valence-corrected chi connectivity index (χ4v) is 3.18. The van der Waals surface area contributed by atoms with Crippen LogP contribution in [0.15, 0.2) is 0 Å². The third-order valence-corrected chi connectivity index (χ3v) is 4.24. The summed E-state index contributed by atoms with van der Waals surface area (Å²) in [5.74, 6) is 0. The molecule has 21 heavy (non-hydrogen) atoms. The van der Waals surface area contributed by atoms with E-state index >= 15 is 0 Å². The molecule has 1 amide bonds. The number of amides is 1. The second kappa shape index (κ2) is 6.97. The Bertz CT molecular complexity index is 354. The molecule has 2 heterocycles. The zero-order chi connectivity index (χ0) is 15.5. The fourth-order valence-electron chi connectivity index (χ4n) is 3.18. The molecule has 2 aliphatic rings. The molecule has 122 valence electrons. The molecule has 0 aromatic heterocycles. The summed E-state index contributed by atoms with van der Waals surface area (Å²) in [6.07, 6.45) is 4.31. The summed E-state index contributed by atoms with van der Waals surface area (Å²) in [6.45, 7) is 9.71. The number of hydrogen-bond donors (Lipinski definition) is 1. The van der Waals surface area contributed by atoms with Crippen LogP contribution in [-0.2, 0) is 4.74 Å². The number of ether oxygens (including phenoxy) is 1. The van der Waals surface area contributed by atoms with Crippen molar-refractivity contribution < 1.29 is 9.53 Å². The van der Waals surface area contributed by atoms with Gasteiger partial charge in [0.05, 0.1) is 0 Å². The van der Waals surface area contributed by atoms with E-state index in [1.165, 1.54) is 13.0 Å². The number of hydrogen-bond acceptors (Lipinski definition) is 4. The number of likely N-dealkylation sites (tertiary alicyclic amines) is 2. The molecular formula is C16H31N3O2. The molecule has 2 saturated heterocycles. The van der Waals surface area contributed by atoms with Crippen LogP contribution < -0.4 is 5.32 Å². The number of carbonyl (C=O) groups is 1. The molecule has 0 aliphatic carbocycles. The van der Waals surface area contributed by atoms with E-state index in [9.17, 15) is 4.79 Å². The first kappa shape index (κ1) is 16.6. The van der Waals surface area contributed by atoms with E-state index in [2.05, 4.69) is 17.3 Å². The Morgan fingerprint density at radius 1 is 1.10 bits per heavy atom. The zero-order valence-corrected chi connectivity index (χ0v) is 14.0. The molecule has 0 bridgehead atoms. The van der Waals surface area contributed by atoms with Gasteiger partial charge < -0.3 is 19.9 Å². The molecule has 0 spiro atoms. The molecule has 2 rings (SSSR count). The van der Waals surface area contributed by atoms with E-state index in [-0.39, 0.29) is 6.09 Å². The maximum Gasteiger partial charge on any atom is 0.410 e. The first-order valence-corrected chi connectivity index (χ1v) is 8.26. The summed E-state index contributed by atoms with van der Waals surface area (Å²) >= 11 is 0. The van der Waals surface area contributed by atoms with Crippen molar-refractivity contribution in [3.8, 4) is 0 Å². The molecule has 1 N–H and O–H groups in total. The number of rotatable bonds is 2. The number of carbonyl (C=O) groups excluding carboxylic acids is 1. The SMILES string of the molecule is CN1CCC(NC2CCCN(C(=O)OC(C)(C)C)CC2)C1. The molecule has 2 unspecified atom stereocenters. The van der Waals surface area contributed by atoms with Gasteiger partial charge in [-0.05, 0) is 60.0 Å². The Morgan fingerprint density at radius 2 is 1.81 bits per heavy atom. The zero-order valence-electron chi connectivity index (χ0n) is 14.0. The van der Waals surface area contributed by atoms with Crippen molar-refractivity contribution in [1.82, 2.24) is 15.1 Å². The minimum atomic E-state index is -0.407. The van der Waals surface area contributed by atoms with E-state index in [1.807, 2.05) is 25.7 Å². The minimum Gasteiger partial charge on any atom is -0.444 e. The molecule has 0 saturated carbocycles. The van der Waals surface area contributed by atoms with Crippen molar-refractivity contribution in [2.75, 3.05) is 33.2 Å². The monoisotopic (exact) mass is 297 g/mol. The molecule has 0 aromatic rings. The van der Waals surface area contributed by atoms with Gasteiger partial charge >= 0.3 is 6.09 Å². The first-order valence-electron chi connectivity index (χ1n) is 8.26. The summed E-state index contributed by atoms with van der Waals surface area (Å²) in [5, 5.41) is 3.78. The fraction of sp³-hybridized carbons (Fsp3) is 0.938. The van der Waals surface area contributed by atoms with Gasteiger partial charge in [-0.15, -0.1) is 0 Å². The molecule has 2 atom stereocenters. The van der Waals surface area contributed by atoms with Crippen LogP contribution in [0.2, 0.25) is 0 Å². The topological polar surface area (TPSA) is 44.8 Å². The smallest absolute Gasteiger partial charge is 0.410 e. The Kier molecular flexibility index (Phi) is 5.49. The van der Waals surface area contributed by atoms with E-state index in [4.69, 9.17) is 4.74 Å². The number of nitrogens with one attached hydrogen (secondary N) is 1. The van der Waals surface area contributed by atoms with Crippen LogP contribution in [0.1, 0.15) is 46.5 Å². The standard InChI is InChI=1S/C16H31N3O2/c1-16(2,3)21-15(20)19-9-5-6-13(8-11-19)17-14-7-10-18(4)12-14/h13-14,17H,5-12H2,1-4H3. The van der Waals surface area contributed by atoms with Gasteiger partial charge in [-0.3, -0.25) is 0 Å². The highest BCUT2D eigenvalue weighted by molar-refractivity contribution is 5.68. The third kappa shape index (κ3) is 5.47. The quantitative estimate of drug-likeness (QED) is 0.847. The molecule has 2 aliphatic heterocycles. The van der Waals surface area contributed by atoms with E-state index in [0.29, 0.717) is 12.1 Å². The second-order valence-corrected chi connectivity index (χ2v) is 7.51. The van der Waals surface area contributed by atoms with Crippen molar-refractivity contribution in [2.24, 2.45) is 0 Å². The lowest BCUT2D eigenvalue weighted by Gasteiger charge is -2.26. The maximum atomic E-state index is 12.1. The van der Waals surface area contributed by atoms with Gasteiger partial charge in [0.1, 0.15) is 5.60 Å². The van der Waals surface area contributed by atoms with Crippen LogP contribution in [0.5, 0.6) is 0 Å². The third-order valence-electron chi connectivity index (χ3n) is 4.24. The van der Waals surface area contributed by atoms with Gasteiger partial charge in [0, 0.05) is 31.7 Å². The number of nitrogens with zero attached hydrogens (tertiary/aromatic N) is 2. The normalized spacial score (nSPS) is 28.5. The Morgan fingerprint density at radius 3 is 2.43 bits per heavy atom. The van der Waals surface area contributed by atoms with Gasteiger partial charge in [0.15, 0.2) is 0 Å². The summed E-state index contributed by atoms with van der Waals surface area (Å²) in [5.41, 5.74) is -0.407. The predicted molar refractivity (Wildman–Crippen MR) is 84.5 cm³/mol. The van der Waals surface area contributed by atoms with E-state index < -0.39 is 5.60 Å². The molecule has 0 radical (unpaired) electrons. The Labute approximate surface area is 129 Å². The summed E-state index contributed by atoms with van der Waals surface area (Å²) in [7, 11) is 2.18. The number of likely N-dealkylation sites (N-methyl/N-ethyl adjacent to an activating group) is 1. The highest BCUT2D eigenvalue weighted by Crippen LogP contribution is 2.17. The van der Waals surface area contributed by atoms with E-state index in [1.54, 1.807) is 0 Å². The lowest BCUT2D eigenvalue weighted by molar-refractivity contribution is 0.0256. The maximum absolute atomic E-state index is 12.1. The van der Waals surface area contributed by atoms with E-state index in [0.717, 1.165) is 38.9 Å². The molecule has 2 fully saturated rings. The van der Waals surface area contributed by atoms with Gasteiger partial charge in [0.25, 0.3) is 0 Å². The van der Waals surface area contributed by atoms with Crippen LogP contribution in [0.3, 0.4) is 0 Å². The van der Waals surface area contributed by atoms with Crippen molar-refractivity contribution in [2.45, 2.75) is 64.1 Å². The summed E-state index contributed by atoms with van der Waals surface area (Å²) < 4.78 is 5.48. The lowest BCUT2D eigenvalue weighted by Crippen LogP contribution is -2.41. The first-order chi connectivity index (χ1) is 9.83. The Hall–Kier alpha value is -0.810. The molecule has 5 nitrogen and oxygen atoms in total. The average molecular weight is 297 g/mol. The summed E-state index contributed by atoms with van der Waals surface area (Å²) in [6, 6.07) is 1.15.